The molecule has 2 heterocycles. The zero-order valence-corrected chi connectivity index (χ0v) is 15.0. The lowest BCUT2D eigenvalue weighted by atomic mass is 10.1. The Hall–Kier alpha value is -2.93. The first-order valence-electron chi connectivity index (χ1n) is 8.17. The van der Waals surface area contributed by atoms with Crippen molar-refractivity contribution >= 4 is 15.7 Å². The summed E-state index contributed by atoms with van der Waals surface area (Å²) in [4.78, 5) is 3.30. The molecule has 3 aromatic rings. The van der Waals surface area contributed by atoms with Gasteiger partial charge in [-0.1, -0.05) is 12.1 Å². The van der Waals surface area contributed by atoms with Gasteiger partial charge in [0, 0.05) is 17.5 Å². The number of para-hydroxylation sites is 2. The van der Waals surface area contributed by atoms with Crippen LogP contribution < -0.4 is 13.8 Å². The second-order valence-corrected chi connectivity index (χ2v) is 7.70. The van der Waals surface area contributed by atoms with Crippen molar-refractivity contribution in [1.82, 2.24) is 4.98 Å². The maximum Gasteiger partial charge on any atom is 0.264 e. The number of methoxy groups -OCH3 is 1. The number of hydrogen-bond acceptors (Lipinski definition) is 4. The molecule has 134 valence electrons. The van der Waals surface area contributed by atoms with Gasteiger partial charge in [-0.25, -0.2) is 8.42 Å². The Balaban J connectivity index is 1.82. The highest BCUT2D eigenvalue weighted by molar-refractivity contribution is 7.92. The van der Waals surface area contributed by atoms with Crippen molar-refractivity contribution in [3.05, 3.63) is 60.8 Å². The second kappa shape index (κ2) is 6.42. The molecule has 6 nitrogen and oxygen atoms in total. The number of nitrogens with one attached hydrogen (secondary N) is 1. The third kappa shape index (κ3) is 2.70. The second-order valence-electron chi connectivity index (χ2n) is 5.84. The van der Waals surface area contributed by atoms with Crippen molar-refractivity contribution in [2.24, 2.45) is 0 Å². The molecule has 0 atom stereocenters. The van der Waals surface area contributed by atoms with Gasteiger partial charge in [-0.3, -0.25) is 4.31 Å². The summed E-state index contributed by atoms with van der Waals surface area (Å²) in [6.07, 6.45) is 1.79. The minimum absolute atomic E-state index is 0.208. The molecule has 1 N–H and O–H groups in total. The molecule has 4 rings (SSSR count). The first kappa shape index (κ1) is 16.5. The van der Waals surface area contributed by atoms with Crippen LogP contribution in [0.1, 0.15) is 0 Å². The van der Waals surface area contributed by atoms with E-state index < -0.39 is 10.0 Å². The number of aromatic amines is 1. The van der Waals surface area contributed by atoms with Gasteiger partial charge in [0.2, 0.25) is 0 Å². The van der Waals surface area contributed by atoms with Crippen LogP contribution in [-0.2, 0) is 10.0 Å². The van der Waals surface area contributed by atoms with Crippen LogP contribution in [0, 0.1) is 0 Å². The minimum atomic E-state index is -3.73. The average Bonchev–Trinajstić information content (AvgIpc) is 3.21. The average molecular weight is 370 g/mol. The summed E-state index contributed by atoms with van der Waals surface area (Å²) in [6, 6.07) is 15.8. The SMILES string of the molecule is COc1ccc(S(=O)(=O)N2CCOc3ccccc32)cc1-c1ccc[nH]1. The molecule has 0 bridgehead atoms. The standard InChI is InChI=1S/C19H18N2O4S/c1-24-18-9-8-14(13-15(18)16-5-4-10-20-16)26(22,23)21-11-12-25-19-7-3-2-6-17(19)21/h2-10,13,20H,11-12H2,1H3. The zero-order chi connectivity index (χ0) is 18.1. The van der Waals surface area contributed by atoms with E-state index in [4.69, 9.17) is 9.47 Å². The van der Waals surface area contributed by atoms with Gasteiger partial charge < -0.3 is 14.5 Å². The number of ether oxygens (including phenoxy) is 2. The number of sulfonamides is 1. The highest BCUT2D eigenvalue weighted by atomic mass is 32.2. The molecule has 0 saturated carbocycles. The number of hydrogen-bond donors (Lipinski definition) is 1. The van der Waals surface area contributed by atoms with E-state index in [1.54, 1.807) is 49.7 Å². The van der Waals surface area contributed by atoms with E-state index in [1.807, 2.05) is 18.2 Å². The predicted molar refractivity (Wildman–Crippen MR) is 99.2 cm³/mol. The van der Waals surface area contributed by atoms with Crippen LogP contribution in [0.15, 0.2) is 65.7 Å². The largest absolute Gasteiger partial charge is 0.496 e. The Kier molecular flexibility index (Phi) is 4.08. The Bertz CT molecular complexity index is 1030. The lowest BCUT2D eigenvalue weighted by Gasteiger charge is -2.30. The van der Waals surface area contributed by atoms with Gasteiger partial charge in [-0.2, -0.15) is 0 Å². The number of rotatable bonds is 4. The van der Waals surface area contributed by atoms with Gasteiger partial charge in [0.25, 0.3) is 10.0 Å². The van der Waals surface area contributed by atoms with Crippen LogP contribution in [0.2, 0.25) is 0 Å². The number of anilines is 1. The number of nitrogens with zero attached hydrogens (tertiary/aromatic N) is 1. The molecule has 0 radical (unpaired) electrons. The summed E-state index contributed by atoms with van der Waals surface area (Å²) >= 11 is 0. The molecule has 7 heteroatoms. The summed E-state index contributed by atoms with van der Waals surface area (Å²) in [5.41, 5.74) is 2.04. The molecule has 0 amide bonds. The third-order valence-electron chi connectivity index (χ3n) is 4.33. The van der Waals surface area contributed by atoms with Crippen molar-refractivity contribution < 1.29 is 17.9 Å². The molecule has 1 aliphatic heterocycles. The quantitative estimate of drug-likeness (QED) is 0.765. The van der Waals surface area contributed by atoms with Crippen LogP contribution >= 0.6 is 0 Å². The van der Waals surface area contributed by atoms with Crippen LogP contribution in [0.3, 0.4) is 0 Å². The molecular weight excluding hydrogens is 352 g/mol. The van der Waals surface area contributed by atoms with E-state index in [0.29, 0.717) is 29.4 Å². The molecular formula is C19H18N2O4S. The van der Waals surface area contributed by atoms with Crippen LogP contribution in [-0.4, -0.2) is 33.7 Å². The van der Waals surface area contributed by atoms with Crippen molar-refractivity contribution in [2.45, 2.75) is 4.90 Å². The van der Waals surface area contributed by atoms with Crippen LogP contribution in [0.4, 0.5) is 5.69 Å². The topological polar surface area (TPSA) is 71.6 Å². The van der Waals surface area contributed by atoms with E-state index in [9.17, 15) is 8.42 Å². The third-order valence-corrected chi connectivity index (χ3v) is 6.14. The van der Waals surface area contributed by atoms with Crippen molar-refractivity contribution in [1.29, 1.82) is 0 Å². The fraction of sp³-hybridized carbons (Fsp3) is 0.158. The Labute approximate surface area is 152 Å². The molecule has 1 aromatic heterocycles. The number of fused-ring (bicyclic) bond motifs is 1. The van der Waals surface area contributed by atoms with Gasteiger partial charge in [0.15, 0.2) is 0 Å². The fourth-order valence-corrected chi connectivity index (χ4v) is 4.56. The van der Waals surface area contributed by atoms with Gasteiger partial charge >= 0.3 is 0 Å². The Morgan fingerprint density at radius 2 is 1.96 bits per heavy atom. The van der Waals surface area contributed by atoms with Gasteiger partial charge in [-0.15, -0.1) is 0 Å². The minimum Gasteiger partial charge on any atom is -0.496 e. The van der Waals surface area contributed by atoms with E-state index in [2.05, 4.69) is 4.98 Å². The first-order valence-corrected chi connectivity index (χ1v) is 9.61. The molecule has 0 fully saturated rings. The van der Waals surface area contributed by atoms with E-state index in [0.717, 1.165) is 5.69 Å². The summed E-state index contributed by atoms with van der Waals surface area (Å²) in [5.74, 6) is 1.18. The highest BCUT2D eigenvalue weighted by Crippen LogP contribution is 2.37. The monoisotopic (exact) mass is 370 g/mol. The molecule has 0 aliphatic carbocycles. The van der Waals surface area contributed by atoms with Gasteiger partial charge in [0.05, 0.1) is 24.2 Å². The summed E-state index contributed by atoms with van der Waals surface area (Å²) in [7, 11) is -2.17. The van der Waals surface area contributed by atoms with Crippen LogP contribution in [0.25, 0.3) is 11.3 Å². The number of H-pyrrole nitrogens is 1. The Morgan fingerprint density at radius 1 is 1.12 bits per heavy atom. The lowest BCUT2D eigenvalue weighted by Crippen LogP contribution is -2.37. The molecule has 1 aliphatic rings. The van der Waals surface area contributed by atoms with Crippen LogP contribution in [0.5, 0.6) is 11.5 Å². The molecule has 26 heavy (non-hydrogen) atoms. The van der Waals surface area contributed by atoms with E-state index in [-0.39, 0.29) is 11.4 Å². The number of aromatic nitrogens is 1. The molecule has 0 spiro atoms. The maximum absolute atomic E-state index is 13.3. The van der Waals surface area contributed by atoms with Gasteiger partial charge in [-0.05, 0) is 42.5 Å². The van der Waals surface area contributed by atoms with E-state index in [1.165, 1.54) is 4.31 Å². The van der Waals surface area contributed by atoms with Crippen molar-refractivity contribution in [2.75, 3.05) is 24.6 Å². The number of benzene rings is 2. The van der Waals surface area contributed by atoms with Crippen molar-refractivity contribution in [3.8, 4) is 22.8 Å². The van der Waals surface area contributed by atoms with Crippen molar-refractivity contribution in [3.63, 3.8) is 0 Å². The highest BCUT2D eigenvalue weighted by Gasteiger charge is 2.30. The fourth-order valence-electron chi connectivity index (χ4n) is 3.08. The zero-order valence-electron chi connectivity index (χ0n) is 14.2. The summed E-state index contributed by atoms with van der Waals surface area (Å²) < 4.78 is 38.9. The lowest BCUT2D eigenvalue weighted by molar-refractivity contribution is 0.316. The normalized spacial score (nSPS) is 13.8. The molecule has 2 aromatic carbocycles. The summed E-state index contributed by atoms with van der Waals surface area (Å²) in [5, 5.41) is 0. The molecule has 0 unspecified atom stereocenters. The van der Waals surface area contributed by atoms with E-state index >= 15 is 0 Å². The maximum atomic E-state index is 13.3. The first-order chi connectivity index (χ1) is 12.6. The van der Waals surface area contributed by atoms with Gasteiger partial charge in [0.1, 0.15) is 18.1 Å². The predicted octanol–water partition coefficient (Wildman–Crippen LogP) is 3.28. The Morgan fingerprint density at radius 3 is 2.73 bits per heavy atom. The molecule has 0 saturated heterocycles. The summed E-state index contributed by atoms with van der Waals surface area (Å²) in [6.45, 7) is 0.582. The smallest absolute Gasteiger partial charge is 0.264 e.